The number of fused-ring (bicyclic) bond motifs is 1. The molecule has 2 amide bonds. The van der Waals surface area contributed by atoms with Crippen LogP contribution in [0.5, 0.6) is 11.5 Å². The smallest absolute Gasteiger partial charge is 0.324 e. The molecule has 0 aromatic heterocycles. The van der Waals surface area contributed by atoms with E-state index < -0.39 is 0 Å². The molecule has 0 radical (unpaired) electrons. The molecule has 5 nitrogen and oxygen atoms in total. The second-order valence-electron chi connectivity index (χ2n) is 6.39. The monoisotopic (exact) mass is 324 g/mol. The fourth-order valence-corrected chi connectivity index (χ4v) is 3.40. The number of carbonyl (C=O) groups is 1. The third kappa shape index (κ3) is 2.66. The molecule has 2 aliphatic heterocycles. The summed E-state index contributed by atoms with van der Waals surface area (Å²) in [6, 6.07) is 12.1. The number of urea groups is 1. The van der Waals surface area contributed by atoms with Crippen molar-refractivity contribution in [3.05, 3.63) is 53.1 Å². The van der Waals surface area contributed by atoms with Gasteiger partial charge in [-0.1, -0.05) is 29.3 Å². The zero-order valence-corrected chi connectivity index (χ0v) is 13.9. The number of ether oxygens (including phenoxy) is 2. The maximum atomic E-state index is 12.8. The molecule has 0 unspecified atom stereocenters. The molecule has 1 saturated heterocycles. The van der Waals surface area contributed by atoms with Crippen molar-refractivity contribution in [3.63, 3.8) is 0 Å². The molecule has 2 aliphatic rings. The van der Waals surface area contributed by atoms with Gasteiger partial charge in [-0.25, -0.2) is 4.79 Å². The van der Waals surface area contributed by atoms with Crippen LogP contribution in [0.1, 0.15) is 16.7 Å². The van der Waals surface area contributed by atoms with Crippen molar-refractivity contribution in [2.45, 2.75) is 20.4 Å². The van der Waals surface area contributed by atoms with Crippen LogP contribution in [-0.2, 0) is 6.54 Å². The summed E-state index contributed by atoms with van der Waals surface area (Å²) in [6.45, 7) is 6.46. The van der Waals surface area contributed by atoms with Crippen molar-refractivity contribution in [1.29, 1.82) is 0 Å². The van der Waals surface area contributed by atoms with Gasteiger partial charge in [0.2, 0.25) is 6.79 Å². The molecular weight excluding hydrogens is 304 g/mol. The summed E-state index contributed by atoms with van der Waals surface area (Å²) >= 11 is 0. The number of hydrogen-bond donors (Lipinski definition) is 0. The van der Waals surface area contributed by atoms with Gasteiger partial charge in [0.1, 0.15) is 0 Å². The molecule has 124 valence electrons. The number of anilines is 1. The minimum Gasteiger partial charge on any atom is -0.454 e. The maximum absolute atomic E-state index is 12.8. The highest BCUT2D eigenvalue weighted by molar-refractivity contribution is 5.94. The Hall–Kier alpha value is -2.69. The fraction of sp³-hybridized carbons (Fsp3) is 0.316. The molecular formula is C19H20N2O3. The van der Waals surface area contributed by atoms with E-state index in [2.05, 4.69) is 32.0 Å². The maximum Gasteiger partial charge on any atom is 0.324 e. The van der Waals surface area contributed by atoms with Crippen molar-refractivity contribution >= 4 is 11.7 Å². The van der Waals surface area contributed by atoms with Crippen LogP contribution < -0.4 is 14.4 Å². The Morgan fingerprint density at radius 3 is 2.50 bits per heavy atom. The Labute approximate surface area is 141 Å². The van der Waals surface area contributed by atoms with Crippen LogP contribution in [0.2, 0.25) is 0 Å². The zero-order valence-electron chi connectivity index (χ0n) is 13.9. The Morgan fingerprint density at radius 1 is 0.958 bits per heavy atom. The van der Waals surface area contributed by atoms with Gasteiger partial charge in [0.25, 0.3) is 0 Å². The molecule has 0 spiro atoms. The molecule has 24 heavy (non-hydrogen) atoms. The SMILES string of the molecule is Cc1cc(C)cc(CN2CCN(c3ccc4c(c3)OCO4)C2=O)c1. The lowest BCUT2D eigenvalue weighted by atomic mass is 10.1. The molecule has 2 aromatic rings. The second-order valence-corrected chi connectivity index (χ2v) is 6.39. The van der Waals surface area contributed by atoms with Gasteiger partial charge in [-0.15, -0.1) is 0 Å². The summed E-state index contributed by atoms with van der Waals surface area (Å²) in [7, 11) is 0. The van der Waals surface area contributed by atoms with Crippen LogP contribution in [0.25, 0.3) is 0 Å². The topological polar surface area (TPSA) is 42.0 Å². The number of carbonyl (C=O) groups excluding carboxylic acids is 1. The lowest BCUT2D eigenvalue weighted by Gasteiger charge is -2.19. The summed E-state index contributed by atoms with van der Waals surface area (Å²) in [4.78, 5) is 16.4. The lowest BCUT2D eigenvalue weighted by molar-refractivity contribution is 0.174. The number of hydrogen-bond acceptors (Lipinski definition) is 3. The largest absolute Gasteiger partial charge is 0.454 e. The second kappa shape index (κ2) is 5.74. The van der Waals surface area contributed by atoms with E-state index in [4.69, 9.17) is 9.47 Å². The average molecular weight is 324 g/mol. The first-order valence-electron chi connectivity index (χ1n) is 8.13. The first kappa shape index (κ1) is 14.9. The van der Waals surface area contributed by atoms with E-state index in [1.54, 1.807) is 4.90 Å². The first-order valence-corrected chi connectivity index (χ1v) is 8.13. The fourth-order valence-electron chi connectivity index (χ4n) is 3.40. The molecule has 0 bridgehead atoms. The minimum atomic E-state index is 0.0352. The predicted molar refractivity (Wildman–Crippen MR) is 91.6 cm³/mol. The molecule has 2 aromatic carbocycles. The van der Waals surface area contributed by atoms with Crippen LogP contribution in [0.4, 0.5) is 10.5 Å². The van der Waals surface area contributed by atoms with E-state index in [1.807, 2.05) is 23.1 Å². The Bertz CT molecular complexity index is 783. The highest BCUT2D eigenvalue weighted by Crippen LogP contribution is 2.36. The van der Waals surface area contributed by atoms with Gasteiger partial charge in [0, 0.05) is 31.4 Å². The third-order valence-corrected chi connectivity index (χ3v) is 4.42. The van der Waals surface area contributed by atoms with Gasteiger partial charge < -0.3 is 14.4 Å². The molecule has 0 atom stereocenters. The molecule has 4 rings (SSSR count). The third-order valence-electron chi connectivity index (χ3n) is 4.42. The Morgan fingerprint density at radius 2 is 1.71 bits per heavy atom. The summed E-state index contributed by atoms with van der Waals surface area (Å²) < 4.78 is 10.7. The zero-order chi connectivity index (χ0) is 16.7. The van der Waals surface area contributed by atoms with Gasteiger partial charge in [0.05, 0.1) is 0 Å². The molecule has 1 fully saturated rings. The van der Waals surface area contributed by atoms with E-state index in [-0.39, 0.29) is 12.8 Å². The average Bonchev–Trinajstić information content (AvgIpc) is 3.13. The molecule has 5 heteroatoms. The summed E-state index contributed by atoms with van der Waals surface area (Å²) in [6.07, 6.45) is 0. The molecule has 0 aliphatic carbocycles. The van der Waals surface area contributed by atoms with E-state index in [1.165, 1.54) is 16.7 Å². The van der Waals surface area contributed by atoms with E-state index >= 15 is 0 Å². The summed E-state index contributed by atoms with van der Waals surface area (Å²) in [5.74, 6) is 1.44. The van der Waals surface area contributed by atoms with Crippen LogP contribution in [0.3, 0.4) is 0 Å². The lowest BCUT2D eigenvalue weighted by Crippen LogP contribution is -2.31. The number of amides is 2. The number of nitrogens with zero attached hydrogens (tertiary/aromatic N) is 2. The van der Waals surface area contributed by atoms with Gasteiger partial charge in [-0.3, -0.25) is 4.90 Å². The summed E-state index contributed by atoms with van der Waals surface area (Å²) in [5.41, 5.74) is 4.48. The molecule has 2 heterocycles. The van der Waals surface area contributed by atoms with Crippen LogP contribution >= 0.6 is 0 Å². The number of benzene rings is 2. The predicted octanol–water partition coefficient (Wildman–Crippen LogP) is 3.47. The highest BCUT2D eigenvalue weighted by atomic mass is 16.7. The van der Waals surface area contributed by atoms with Gasteiger partial charge in [0.15, 0.2) is 11.5 Å². The van der Waals surface area contributed by atoms with Crippen molar-refractivity contribution in [1.82, 2.24) is 4.90 Å². The van der Waals surface area contributed by atoms with E-state index in [0.29, 0.717) is 18.8 Å². The van der Waals surface area contributed by atoms with Crippen LogP contribution in [-0.4, -0.2) is 30.8 Å². The Balaban J connectivity index is 1.52. The van der Waals surface area contributed by atoms with Crippen molar-refractivity contribution in [2.24, 2.45) is 0 Å². The van der Waals surface area contributed by atoms with Crippen molar-refractivity contribution in [2.75, 3.05) is 24.8 Å². The van der Waals surface area contributed by atoms with Gasteiger partial charge in [-0.2, -0.15) is 0 Å². The standard InChI is InChI=1S/C19H20N2O3/c1-13-7-14(2)9-15(8-13)11-20-5-6-21(19(20)22)16-3-4-17-18(10-16)24-12-23-17/h3-4,7-10H,5-6,11-12H2,1-2H3. The highest BCUT2D eigenvalue weighted by Gasteiger charge is 2.30. The first-order chi connectivity index (χ1) is 11.6. The van der Waals surface area contributed by atoms with E-state index in [0.717, 1.165) is 18.0 Å². The van der Waals surface area contributed by atoms with Crippen molar-refractivity contribution in [3.8, 4) is 11.5 Å². The summed E-state index contributed by atoms with van der Waals surface area (Å²) in [5, 5.41) is 0. The van der Waals surface area contributed by atoms with E-state index in [9.17, 15) is 4.79 Å². The van der Waals surface area contributed by atoms with Crippen LogP contribution in [0.15, 0.2) is 36.4 Å². The minimum absolute atomic E-state index is 0.0352. The van der Waals surface area contributed by atoms with Crippen molar-refractivity contribution < 1.29 is 14.3 Å². The number of aryl methyl sites for hydroxylation is 2. The quantitative estimate of drug-likeness (QED) is 0.868. The molecule has 0 saturated carbocycles. The van der Waals surface area contributed by atoms with Gasteiger partial charge in [-0.05, 0) is 31.5 Å². The molecule has 0 N–H and O–H groups in total. The van der Waals surface area contributed by atoms with Crippen LogP contribution in [0, 0.1) is 13.8 Å². The number of rotatable bonds is 3. The van der Waals surface area contributed by atoms with Gasteiger partial charge >= 0.3 is 6.03 Å². The normalized spacial score (nSPS) is 16.2. The Kier molecular flexibility index (Phi) is 3.56.